The van der Waals surface area contributed by atoms with E-state index in [1.807, 2.05) is 30.3 Å². The van der Waals surface area contributed by atoms with E-state index < -0.39 is 5.97 Å². The highest BCUT2D eigenvalue weighted by Crippen LogP contribution is 2.18. The highest BCUT2D eigenvalue weighted by atomic mass is 16.4. The van der Waals surface area contributed by atoms with Gasteiger partial charge in [-0.05, 0) is 23.6 Å². The monoisotopic (exact) mass is 327 g/mol. The first-order valence-corrected chi connectivity index (χ1v) is 7.85. The molecule has 0 radical (unpaired) electrons. The Labute approximate surface area is 141 Å². The molecule has 0 saturated carbocycles. The average molecular weight is 327 g/mol. The lowest BCUT2D eigenvalue weighted by Crippen LogP contribution is -2.30. The van der Waals surface area contributed by atoms with Crippen molar-refractivity contribution in [2.24, 2.45) is 0 Å². The maximum Gasteiger partial charge on any atom is 0.335 e. The summed E-state index contributed by atoms with van der Waals surface area (Å²) >= 11 is 0. The van der Waals surface area contributed by atoms with Crippen LogP contribution in [0.2, 0.25) is 0 Å². The third-order valence-corrected chi connectivity index (χ3v) is 3.89. The molecule has 0 aliphatic heterocycles. The second kappa shape index (κ2) is 8.84. The molecular weight excluding hydrogens is 306 g/mol. The van der Waals surface area contributed by atoms with Crippen molar-refractivity contribution >= 4 is 11.9 Å². The van der Waals surface area contributed by atoms with Gasteiger partial charge in [-0.1, -0.05) is 48.5 Å². The molecule has 0 heterocycles. The molecular formula is C19H21NO4. The molecule has 1 amide bonds. The minimum Gasteiger partial charge on any atom is -0.478 e. The zero-order valence-electron chi connectivity index (χ0n) is 13.3. The number of carboxylic acid groups (broad SMARTS) is 1. The molecule has 0 aliphatic rings. The van der Waals surface area contributed by atoms with Crippen LogP contribution in [-0.4, -0.2) is 35.2 Å². The van der Waals surface area contributed by atoms with Crippen LogP contribution in [0, 0.1) is 0 Å². The number of nitrogens with one attached hydrogen (secondary N) is 1. The van der Waals surface area contributed by atoms with E-state index in [-0.39, 0.29) is 30.4 Å². The van der Waals surface area contributed by atoms with Crippen molar-refractivity contribution in [1.29, 1.82) is 0 Å². The summed E-state index contributed by atoms with van der Waals surface area (Å²) in [5.41, 5.74) is 1.68. The summed E-state index contributed by atoms with van der Waals surface area (Å²) < 4.78 is 0. The molecule has 0 bridgehead atoms. The molecule has 5 heteroatoms. The minimum atomic E-state index is -1.04. The Hall–Kier alpha value is -2.66. The van der Waals surface area contributed by atoms with Gasteiger partial charge in [-0.15, -0.1) is 0 Å². The van der Waals surface area contributed by atoms with Crippen molar-refractivity contribution in [3.63, 3.8) is 0 Å². The van der Waals surface area contributed by atoms with E-state index in [4.69, 9.17) is 5.11 Å². The molecule has 0 aromatic heterocycles. The number of rotatable bonds is 8. The first-order chi connectivity index (χ1) is 11.6. The Morgan fingerprint density at radius 3 is 2.33 bits per heavy atom. The summed E-state index contributed by atoms with van der Waals surface area (Å²) in [5, 5.41) is 21.2. The fourth-order valence-electron chi connectivity index (χ4n) is 2.62. The summed E-state index contributed by atoms with van der Waals surface area (Å²) in [4.78, 5) is 23.3. The van der Waals surface area contributed by atoms with Gasteiger partial charge in [-0.3, -0.25) is 4.79 Å². The number of carbonyl (C=O) groups is 2. The molecule has 5 nitrogen and oxygen atoms in total. The molecule has 2 aromatic carbocycles. The van der Waals surface area contributed by atoms with Gasteiger partial charge in [-0.2, -0.15) is 0 Å². The van der Waals surface area contributed by atoms with Crippen LogP contribution in [0.4, 0.5) is 0 Å². The number of aliphatic hydroxyl groups excluding tert-OH is 1. The smallest absolute Gasteiger partial charge is 0.335 e. The molecule has 0 spiro atoms. The Morgan fingerprint density at radius 1 is 1.00 bits per heavy atom. The molecule has 126 valence electrons. The molecule has 3 N–H and O–H groups in total. The first kappa shape index (κ1) is 17.7. The second-order valence-electron chi connectivity index (χ2n) is 5.56. The van der Waals surface area contributed by atoms with Crippen molar-refractivity contribution in [1.82, 2.24) is 5.32 Å². The van der Waals surface area contributed by atoms with Crippen molar-refractivity contribution in [3.8, 4) is 0 Å². The van der Waals surface area contributed by atoms with E-state index in [1.54, 1.807) is 18.2 Å². The second-order valence-corrected chi connectivity index (χ2v) is 5.56. The van der Waals surface area contributed by atoms with E-state index in [2.05, 4.69) is 5.32 Å². The summed E-state index contributed by atoms with van der Waals surface area (Å²) in [7, 11) is 0. The maximum atomic E-state index is 12.2. The summed E-state index contributed by atoms with van der Waals surface area (Å²) in [6.45, 7) is 0.440. The van der Waals surface area contributed by atoms with Crippen molar-refractivity contribution in [3.05, 3.63) is 71.3 Å². The number of aromatic carboxylic acids is 1. The predicted octanol–water partition coefficient (Wildman–Crippen LogP) is 2.21. The Kier molecular flexibility index (Phi) is 6.51. The lowest BCUT2D eigenvalue weighted by atomic mass is 9.96. The van der Waals surface area contributed by atoms with Gasteiger partial charge in [-0.25, -0.2) is 4.79 Å². The molecule has 0 fully saturated rings. The number of hydrogen-bond donors (Lipinski definition) is 3. The molecule has 0 saturated heterocycles. The summed E-state index contributed by atoms with van der Waals surface area (Å²) in [6, 6.07) is 16.2. The van der Waals surface area contributed by atoms with E-state index >= 15 is 0 Å². The van der Waals surface area contributed by atoms with E-state index in [0.29, 0.717) is 18.5 Å². The normalized spacial score (nSPS) is 11.7. The highest BCUT2D eigenvalue weighted by Gasteiger charge is 2.15. The summed E-state index contributed by atoms with van der Waals surface area (Å²) in [5.74, 6) is -1.25. The minimum absolute atomic E-state index is 0.0170. The van der Waals surface area contributed by atoms with Gasteiger partial charge in [0.15, 0.2) is 0 Å². The number of amides is 1. The lowest BCUT2D eigenvalue weighted by molar-refractivity contribution is -0.120. The van der Waals surface area contributed by atoms with Crippen molar-refractivity contribution in [2.45, 2.75) is 18.8 Å². The number of aliphatic hydroxyl groups is 1. The third kappa shape index (κ3) is 4.93. The Bertz CT molecular complexity index is 685. The van der Waals surface area contributed by atoms with Gasteiger partial charge < -0.3 is 15.5 Å². The van der Waals surface area contributed by atoms with E-state index in [9.17, 15) is 14.7 Å². The zero-order valence-corrected chi connectivity index (χ0v) is 13.3. The van der Waals surface area contributed by atoms with Crippen LogP contribution in [0.1, 0.15) is 33.8 Å². The number of carbonyl (C=O) groups excluding carboxylic acids is 1. The first-order valence-electron chi connectivity index (χ1n) is 7.85. The average Bonchev–Trinajstić information content (AvgIpc) is 2.59. The molecule has 0 aliphatic carbocycles. The Morgan fingerprint density at radius 2 is 1.67 bits per heavy atom. The van der Waals surface area contributed by atoms with E-state index in [1.165, 1.54) is 6.07 Å². The number of carboxylic acids is 1. The molecule has 1 atom stereocenters. The lowest BCUT2D eigenvalue weighted by Gasteiger charge is -2.17. The quantitative estimate of drug-likeness (QED) is 0.694. The summed E-state index contributed by atoms with van der Waals surface area (Å²) in [6.07, 6.45) is 0.569. The highest BCUT2D eigenvalue weighted by molar-refractivity contribution is 5.91. The van der Waals surface area contributed by atoms with Gasteiger partial charge in [0.2, 0.25) is 5.91 Å². The maximum absolute atomic E-state index is 12.2. The van der Waals surface area contributed by atoms with Crippen molar-refractivity contribution < 1.29 is 19.8 Å². The molecule has 24 heavy (non-hydrogen) atoms. The van der Waals surface area contributed by atoms with E-state index in [0.717, 1.165) is 5.56 Å². The van der Waals surface area contributed by atoms with Crippen LogP contribution >= 0.6 is 0 Å². The van der Waals surface area contributed by atoms with Gasteiger partial charge in [0.05, 0.1) is 12.0 Å². The van der Waals surface area contributed by atoms with Gasteiger partial charge in [0.25, 0.3) is 0 Å². The largest absolute Gasteiger partial charge is 0.478 e. The van der Waals surface area contributed by atoms with Gasteiger partial charge in [0.1, 0.15) is 0 Å². The predicted molar refractivity (Wildman–Crippen MR) is 91.0 cm³/mol. The fourth-order valence-corrected chi connectivity index (χ4v) is 2.62. The van der Waals surface area contributed by atoms with Crippen LogP contribution in [0.3, 0.4) is 0 Å². The topological polar surface area (TPSA) is 86.6 Å². The fraction of sp³-hybridized carbons (Fsp3) is 0.263. The van der Waals surface area contributed by atoms with Crippen LogP contribution in [-0.2, 0) is 11.2 Å². The SMILES string of the molecule is O=C(Cc1ccccc1C(=O)O)NCC(CCO)c1ccccc1. The van der Waals surface area contributed by atoms with Gasteiger partial charge >= 0.3 is 5.97 Å². The third-order valence-electron chi connectivity index (χ3n) is 3.89. The molecule has 2 aromatic rings. The molecule has 2 rings (SSSR count). The number of benzene rings is 2. The number of hydrogen-bond acceptors (Lipinski definition) is 3. The van der Waals surface area contributed by atoms with Gasteiger partial charge in [0, 0.05) is 19.1 Å². The molecule has 1 unspecified atom stereocenters. The van der Waals surface area contributed by atoms with Crippen LogP contribution in [0.5, 0.6) is 0 Å². The zero-order chi connectivity index (χ0) is 17.4. The Balaban J connectivity index is 1.98. The van der Waals surface area contributed by atoms with Crippen LogP contribution in [0.15, 0.2) is 54.6 Å². The standard InChI is InChI=1S/C19H21NO4/c21-11-10-16(14-6-2-1-3-7-14)13-20-18(22)12-15-8-4-5-9-17(15)19(23)24/h1-9,16,21H,10-13H2,(H,20,22)(H,23,24). The van der Waals surface area contributed by atoms with Crippen molar-refractivity contribution in [2.75, 3.05) is 13.2 Å². The van der Waals surface area contributed by atoms with Crippen LogP contribution < -0.4 is 5.32 Å². The van der Waals surface area contributed by atoms with Crippen LogP contribution in [0.25, 0.3) is 0 Å².